The summed E-state index contributed by atoms with van der Waals surface area (Å²) in [6, 6.07) is 15.7. The molecule has 1 aromatic heterocycles. The van der Waals surface area contributed by atoms with Crippen molar-refractivity contribution in [2.45, 2.75) is 35.9 Å². The van der Waals surface area contributed by atoms with E-state index < -0.39 is 26.7 Å². The van der Waals surface area contributed by atoms with E-state index in [9.17, 15) is 13.5 Å². The molecule has 5 nitrogen and oxygen atoms in total. The van der Waals surface area contributed by atoms with E-state index in [1.807, 2.05) is 31.2 Å². The van der Waals surface area contributed by atoms with Gasteiger partial charge in [-0.2, -0.15) is 0 Å². The number of hydrogen-bond acceptors (Lipinski definition) is 4. The molecule has 2 heterocycles. The molecular weight excluding hydrogens is 324 g/mol. The standard InChI is InChI=1S/C18H18N2O3S/c1-12-18(2,21)16(13-8-4-3-5-9-13)24(22,23)17-19-14-10-6-7-11-15(14)20(12)17/h3-12,16,21H,1-2H3. The van der Waals surface area contributed by atoms with Crippen molar-refractivity contribution in [1.29, 1.82) is 0 Å². The van der Waals surface area contributed by atoms with Gasteiger partial charge in [0.25, 0.3) is 0 Å². The Morgan fingerprint density at radius 2 is 1.71 bits per heavy atom. The fourth-order valence-corrected chi connectivity index (χ4v) is 5.95. The molecule has 0 aliphatic carbocycles. The van der Waals surface area contributed by atoms with Crippen molar-refractivity contribution in [3.05, 3.63) is 60.2 Å². The molecule has 0 saturated carbocycles. The topological polar surface area (TPSA) is 72.2 Å². The van der Waals surface area contributed by atoms with Crippen molar-refractivity contribution in [2.24, 2.45) is 0 Å². The van der Waals surface area contributed by atoms with Crippen molar-refractivity contribution in [2.75, 3.05) is 0 Å². The third-order valence-electron chi connectivity index (χ3n) is 4.99. The van der Waals surface area contributed by atoms with Crippen molar-refractivity contribution in [1.82, 2.24) is 9.55 Å². The lowest BCUT2D eigenvalue weighted by Crippen LogP contribution is -2.49. The van der Waals surface area contributed by atoms with Crippen LogP contribution < -0.4 is 0 Å². The van der Waals surface area contributed by atoms with E-state index in [1.165, 1.54) is 0 Å². The maximum atomic E-state index is 13.3. The van der Waals surface area contributed by atoms with Crippen LogP contribution in [0.4, 0.5) is 0 Å². The van der Waals surface area contributed by atoms with Gasteiger partial charge in [0, 0.05) is 0 Å². The van der Waals surface area contributed by atoms with Crippen molar-refractivity contribution in [3.63, 3.8) is 0 Å². The molecular formula is C18H18N2O3S. The SMILES string of the molecule is CC1n2c(nc3ccccc32)S(=O)(=O)C(c2ccccc2)C1(C)O. The monoisotopic (exact) mass is 342 g/mol. The van der Waals surface area contributed by atoms with Gasteiger partial charge in [0.1, 0.15) is 10.9 Å². The Morgan fingerprint density at radius 3 is 2.42 bits per heavy atom. The quantitative estimate of drug-likeness (QED) is 0.738. The van der Waals surface area contributed by atoms with Gasteiger partial charge in [-0.3, -0.25) is 0 Å². The van der Waals surface area contributed by atoms with Gasteiger partial charge >= 0.3 is 0 Å². The highest BCUT2D eigenvalue weighted by molar-refractivity contribution is 7.91. The lowest BCUT2D eigenvalue weighted by atomic mass is 9.88. The van der Waals surface area contributed by atoms with Crippen LogP contribution in [0.25, 0.3) is 11.0 Å². The molecule has 0 amide bonds. The lowest BCUT2D eigenvalue weighted by Gasteiger charge is -2.42. The minimum Gasteiger partial charge on any atom is -0.386 e. The van der Waals surface area contributed by atoms with Crippen molar-refractivity contribution >= 4 is 20.9 Å². The van der Waals surface area contributed by atoms with Gasteiger partial charge in [-0.25, -0.2) is 13.4 Å². The van der Waals surface area contributed by atoms with E-state index in [1.54, 1.807) is 41.8 Å². The Labute approximate surface area is 140 Å². The third kappa shape index (κ3) is 1.90. The normalized spacial score (nSPS) is 28.6. The summed E-state index contributed by atoms with van der Waals surface area (Å²) in [5, 5.41) is 10.2. The first-order chi connectivity index (χ1) is 11.3. The zero-order chi connectivity index (χ0) is 17.1. The second-order valence-corrected chi connectivity index (χ2v) is 8.42. The number of para-hydroxylation sites is 2. The zero-order valence-electron chi connectivity index (χ0n) is 13.4. The summed E-state index contributed by atoms with van der Waals surface area (Å²) < 4.78 is 28.2. The van der Waals surface area contributed by atoms with Crippen LogP contribution in [-0.4, -0.2) is 28.7 Å². The van der Waals surface area contributed by atoms with Crippen molar-refractivity contribution < 1.29 is 13.5 Å². The largest absolute Gasteiger partial charge is 0.386 e. The summed E-state index contributed by atoms with van der Waals surface area (Å²) in [5.74, 6) is 0. The molecule has 124 valence electrons. The van der Waals surface area contributed by atoms with Gasteiger partial charge in [-0.1, -0.05) is 42.5 Å². The van der Waals surface area contributed by atoms with E-state index in [0.29, 0.717) is 11.1 Å². The van der Waals surface area contributed by atoms with Gasteiger partial charge in [-0.05, 0) is 31.5 Å². The van der Waals surface area contributed by atoms with Crippen LogP contribution in [0, 0.1) is 0 Å². The molecule has 4 rings (SSSR count). The first-order valence-electron chi connectivity index (χ1n) is 7.83. The molecule has 0 spiro atoms. The Morgan fingerprint density at radius 1 is 1.08 bits per heavy atom. The highest BCUT2D eigenvalue weighted by atomic mass is 32.2. The molecule has 2 aromatic carbocycles. The lowest BCUT2D eigenvalue weighted by molar-refractivity contribution is -0.000609. The molecule has 1 N–H and O–H groups in total. The molecule has 3 aromatic rings. The summed E-state index contributed by atoms with van der Waals surface area (Å²) in [6.07, 6.45) is 0. The van der Waals surface area contributed by atoms with E-state index in [4.69, 9.17) is 0 Å². The first-order valence-corrected chi connectivity index (χ1v) is 9.38. The Balaban J connectivity index is 2.07. The van der Waals surface area contributed by atoms with Crippen LogP contribution in [0.3, 0.4) is 0 Å². The van der Waals surface area contributed by atoms with Crippen LogP contribution in [0.2, 0.25) is 0 Å². The Hall–Kier alpha value is -2.18. The fourth-order valence-electron chi connectivity index (χ4n) is 3.64. The molecule has 0 bridgehead atoms. The second kappa shape index (κ2) is 4.91. The maximum Gasteiger partial charge on any atom is 0.229 e. The summed E-state index contributed by atoms with van der Waals surface area (Å²) in [4.78, 5) is 4.36. The van der Waals surface area contributed by atoms with E-state index in [-0.39, 0.29) is 5.16 Å². The Kier molecular flexibility index (Phi) is 3.14. The Bertz CT molecular complexity index is 1020. The predicted octanol–water partition coefficient (Wildman–Crippen LogP) is 2.88. The average molecular weight is 342 g/mol. The van der Waals surface area contributed by atoms with Gasteiger partial charge < -0.3 is 9.67 Å². The van der Waals surface area contributed by atoms with Gasteiger partial charge in [-0.15, -0.1) is 0 Å². The van der Waals surface area contributed by atoms with Crippen LogP contribution in [0.5, 0.6) is 0 Å². The molecule has 1 aliphatic heterocycles. The fraction of sp³-hybridized carbons (Fsp3) is 0.278. The highest BCUT2D eigenvalue weighted by Gasteiger charge is 2.54. The summed E-state index contributed by atoms with van der Waals surface area (Å²) >= 11 is 0. The second-order valence-electron chi connectivity index (χ2n) is 6.49. The molecule has 0 radical (unpaired) electrons. The molecule has 6 heteroatoms. The number of aromatic nitrogens is 2. The van der Waals surface area contributed by atoms with Gasteiger partial charge in [0.05, 0.1) is 17.1 Å². The molecule has 0 saturated heterocycles. The van der Waals surface area contributed by atoms with E-state index in [0.717, 1.165) is 5.52 Å². The van der Waals surface area contributed by atoms with E-state index >= 15 is 0 Å². The molecule has 24 heavy (non-hydrogen) atoms. The molecule has 3 unspecified atom stereocenters. The summed E-state index contributed by atoms with van der Waals surface area (Å²) in [5.41, 5.74) is 0.451. The number of imidazole rings is 1. The average Bonchev–Trinajstić information content (AvgIpc) is 2.94. The molecule has 0 fully saturated rings. The molecule has 3 atom stereocenters. The molecule has 1 aliphatic rings. The number of hydrogen-bond donors (Lipinski definition) is 1. The minimum absolute atomic E-state index is 0.0246. The first kappa shape index (κ1) is 15.4. The van der Waals surface area contributed by atoms with Crippen LogP contribution >= 0.6 is 0 Å². The number of aliphatic hydroxyl groups is 1. The number of benzene rings is 2. The number of fused-ring (bicyclic) bond motifs is 3. The summed E-state index contributed by atoms with van der Waals surface area (Å²) in [6.45, 7) is 3.42. The number of rotatable bonds is 1. The summed E-state index contributed by atoms with van der Waals surface area (Å²) in [7, 11) is -3.84. The van der Waals surface area contributed by atoms with Gasteiger partial charge in [0.15, 0.2) is 0 Å². The van der Waals surface area contributed by atoms with Crippen LogP contribution in [0.15, 0.2) is 59.8 Å². The maximum absolute atomic E-state index is 13.3. The minimum atomic E-state index is -3.84. The zero-order valence-corrected chi connectivity index (χ0v) is 14.2. The number of sulfone groups is 1. The number of nitrogens with zero attached hydrogens (tertiary/aromatic N) is 2. The van der Waals surface area contributed by atoms with E-state index in [2.05, 4.69) is 4.98 Å². The van der Waals surface area contributed by atoms with Gasteiger partial charge in [0.2, 0.25) is 15.0 Å². The van der Waals surface area contributed by atoms with Crippen LogP contribution in [-0.2, 0) is 9.84 Å². The van der Waals surface area contributed by atoms with Crippen LogP contribution in [0.1, 0.15) is 30.7 Å². The predicted molar refractivity (Wildman–Crippen MR) is 91.4 cm³/mol. The smallest absolute Gasteiger partial charge is 0.229 e. The highest BCUT2D eigenvalue weighted by Crippen LogP contribution is 2.48. The van der Waals surface area contributed by atoms with Crippen molar-refractivity contribution in [3.8, 4) is 0 Å². The third-order valence-corrected chi connectivity index (χ3v) is 7.16.